The summed E-state index contributed by atoms with van der Waals surface area (Å²) in [6.07, 6.45) is 0. The molecule has 1 unspecified atom stereocenters. The smallest absolute Gasteiger partial charge is 0.241 e. The molecule has 1 aromatic carbocycles. The zero-order chi connectivity index (χ0) is 11.4. The molecule has 0 heterocycles. The normalized spacial score (nSPS) is 11.6. The lowest BCUT2D eigenvalue weighted by molar-refractivity contribution is -0.117. The van der Waals surface area contributed by atoms with Crippen molar-refractivity contribution in [3.8, 4) is 6.07 Å². The Morgan fingerprint density at radius 1 is 1.53 bits per heavy atom. The van der Waals surface area contributed by atoms with Crippen LogP contribution in [-0.2, 0) is 4.79 Å². The quantitative estimate of drug-likeness (QED) is 0.812. The number of carbonyl (C=O) groups excluding carboxylic acids is 1. The summed E-state index contributed by atoms with van der Waals surface area (Å²) in [5.74, 6) is -2.97. The van der Waals surface area contributed by atoms with Crippen LogP contribution in [0.25, 0.3) is 0 Å². The van der Waals surface area contributed by atoms with Crippen LogP contribution in [0.2, 0.25) is 0 Å². The van der Waals surface area contributed by atoms with Crippen molar-refractivity contribution in [3.63, 3.8) is 0 Å². The first-order valence-electron chi connectivity index (χ1n) is 4.20. The molecule has 0 radical (unpaired) electrons. The van der Waals surface area contributed by atoms with Gasteiger partial charge in [-0.2, -0.15) is 5.26 Å². The van der Waals surface area contributed by atoms with Gasteiger partial charge in [-0.1, -0.05) is 0 Å². The summed E-state index contributed by atoms with van der Waals surface area (Å²) in [7, 11) is 0. The van der Waals surface area contributed by atoms with Crippen LogP contribution < -0.4 is 5.32 Å². The average Bonchev–Trinajstić information content (AvgIpc) is 2.22. The molecule has 0 bridgehead atoms. The molecule has 0 saturated carbocycles. The fourth-order valence-corrected chi connectivity index (χ4v) is 0.893. The van der Waals surface area contributed by atoms with E-state index in [1.165, 1.54) is 6.92 Å². The molecule has 3 nitrogen and oxygen atoms in total. The zero-order valence-corrected chi connectivity index (χ0v) is 7.92. The Bertz CT molecular complexity index is 426. The largest absolute Gasteiger partial charge is 0.322 e. The number of hydrogen-bond donors (Lipinski definition) is 1. The molecular weight excluding hydrogens is 202 g/mol. The van der Waals surface area contributed by atoms with Crippen molar-refractivity contribution in [2.75, 3.05) is 5.32 Å². The fraction of sp³-hybridized carbons (Fsp3) is 0.200. The van der Waals surface area contributed by atoms with Crippen LogP contribution in [0.5, 0.6) is 0 Å². The minimum Gasteiger partial charge on any atom is -0.322 e. The highest BCUT2D eigenvalue weighted by molar-refractivity contribution is 5.93. The maximum absolute atomic E-state index is 13.0. The van der Waals surface area contributed by atoms with Crippen molar-refractivity contribution < 1.29 is 13.6 Å². The number of rotatable bonds is 2. The van der Waals surface area contributed by atoms with Crippen LogP contribution in [0.15, 0.2) is 18.2 Å². The van der Waals surface area contributed by atoms with Crippen molar-refractivity contribution in [2.24, 2.45) is 5.92 Å². The van der Waals surface area contributed by atoms with Gasteiger partial charge in [0.1, 0.15) is 17.6 Å². The summed E-state index contributed by atoms with van der Waals surface area (Å²) in [4.78, 5) is 11.2. The molecule has 1 rings (SSSR count). The molecule has 0 spiro atoms. The second-order valence-corrected chi connectivity index (χ2v) is 2.96. The third-order valence-electron chi connectivity index (χ3n) is 1.77. The molecule has 15 heavy (non-hydrogen) atoms. The third-order valence-corrected chi connectivity index (χ3v) is 1.77. The van der Waals surface area contributed by atoms with Gasteiger partial charge in [0.05, 0.1) is 11.8 Å². The number of nitrogens with one attached hydrogen (secondary N) is 1. The molecule has 1 amide bonds. The summed E-state index contributed by atoms with van der Waals surface area (Å²) in [5, 5.41) is 10.6. The van der Waals surface area contributed by atoms with E-state index in [9.17, 15) is 13.6 Å². The summed E-state index contributed by atoms with van der Waals surface area (Å²) >= 11 is 0. The molecule has 0 aliphatic heterocycles. The standard InChI is InChI=1S/C10H8F2N2O/c1-6(5-13)10(15)14-9-4-7(11)2-3-8(9)12/h2-4,6H,1H3,(H,14,15). The lowest BCUT2D eigenvalue weighted by Gasteiger charge is -2.06. The van der Waals surface area contributed by atoms with Crippen LogP contribution in [0.3, 0.4) is 0 Å². The van der Waals surface area contributed by atoms with Gasteiger partial charge in [-0.3, -0.25) is 4.79 Å². The predicted molar refractivity (Wildman–Crippen MR) is 49.8 cm³/mol. The van der Waals surface area contributed by atoms with Crippen molar-refractivity contribution in [2.45, 2.75) is 6.92 Å². The number of carbonyl (C=O) groups is 1. The van der Waals surface area contributed by atoms with E-state index in [0.29, 0.717) is 0 Å². The average molecular weight is 210 g/mol. The SMILES string of the molecule is CC(C#N)C(=O)Nc1cc(F)ccc1F. The summed E-state index contributed by atoms with van der Waals surface area (Å²) < 4.78 is 25.7. The van der Waals surface area contributed by atoms with Crippen LogP contribution >= 0.6 is 0 Å². The molecule has 5 heteroatoms. The summed E-state index contributed by atoms with van der Waals surface area (Å²) in [6.45, 7) is 1.37. The highest BCUT2D eigenvalue weighted by atomic mass is 19.1. The third kappa shape index (κ3) is 2.74. The predicted octanol–water partition coefficient (Wildman–Crippen LogP) is 2.06. The highest BCUT2D eigenvalue weighted by Crippen LogP contribution is 2.15. The van der Waals surface area contributed by atoms with E-state index in [2.05, 4.69) is 5.32 Å². The molecule has 0 aliphatic rings. The maximum atomic E-state index is 13.0. The fourth-order valence-electron chi connectivity index (χ4n) is 0.893. The van der Waals surface area contributed by atoms with Crippen LogP contribution in [0.4, 0.5) is 14.5 Å². The highest BCUT2D eigenvalue weighted by Gasteiger charge is 2.14. The molecule has 0 aromatic heterocycles. The Hall–Kier alpha value is -1.96. The first-order chi connectivity index (χ1) is 7.04. The Kier molecular flexibility index (Phi) is 3.34. The van der Waals surface area contributed by atoms with Gasteiger partial charge >= 0.3 is 0 Å². The van der Waals surface area contributed by atoms with Crippen LogP contribution in [0, 0.1) is 28.9 Å². The van der Waals surface area contributed by atoms with Gasteiger partial charge in [-0.05, 0) is 19.1 Å². The van der Waals surface area contributed by atoms with Gasteiger partial charge in [-0.25, -0.2) is 8.78 Å². The number of nitriles is 1. The topological polar surface area (TPSA) is 52.9 Å². The van der Waals surface area contributed by atoms with Gasteiger partial charge in [0.2, 0.25) is 5.91 Å². The van der Waals surface area contributed by atoms with E-state index in [1.54, 1.807) is 6.07 Å². The summed E-state index contributed by atoms with van der Waals surface area (Å²) in [6, 6.07) is 4.40. The minimum atomic E-state index is -0.910. The number of amides is 1. The molecule has 0 fully saturated rings. The minimum absolute atomic E-state index is 0.262. The molecular formula is C10H8F2N2O. The van der Waals surface area contributed by atoms with E-state index in [1.807, 2.05) is 0 Å². The van der Waals surface area contributed by atoms with Crippen LogP contribution in [-0.4, -0.2) is 5.91 Å². The van der Waals surface area contributed by atoms with Gasteiger partial charge in [0, 0.05) is 6.07 Å². The second-order valence-electron chi connectivity index (χ2n) is 2.96. The van der Waals surface area contributed by atoms with E-state index in [-0.39, 0.29) is 5.69 Å². The molecule has 1 aromatic rings. The first kappa shape index (κ1) is 11.1. The molecule has 0 saturated heterocycles. The van der Waals surface area contributed by atoms with E-state index in [4.69, 9.17) is 5.26 Å². The van der Waals surface area contributed by atoms with Gasteiger partial charge in [-0.15, -0.1) is 0 Å². The number of anilines is 1. The van der Waals surface area contributed by atoms with Crippen molar-refractivity contribution in [1.82, 2.24) is 0 Å². The van der Waals surface area contributed by atoms with Gasteiger partial charge in [0.25, 0.3) is 0 Å². The zero-order valence-electron chi connectivity index (χ0n) is 7.92. The number of hydrogen-bond acceptors (Lipinski definition) is 2. The number of benzene rings is 1. The van der Waals surface area contributed by atoms with Crippen molar-refractivity contribution >= 4 is 11.6 Å². The Balaban J connectivity index is 2.86. The van der Waals surface area contributed by atoms with E-state index < -0.39 is 23.5 Å². The van der Waals surface area contributed by atoms with Crippen molar-refractivity contribution in [1.29, 1.82) is 5.26 Å². The molecule has 0 aliphatic carbocycles. The lowest BCUT2D eigenvalue weighted by atomic mass is 10.2. The summed E-state index contributed by atoms with van der Waals surface area (Å²) in [5.41, 5.74) is -0.262. The number of halogens is 2. The molecule has 78 valence electrons. The Labute approximate surface area is 85.3 Å². The number of nitrogens with zero attached hydrogens (tertiary/aromatic N) is 1. The first-order valence-corrected chi connectivity index (χ1v) is 4.20. The van der Waals surface area contributed by atoms with Crippen molar-refractivity contribution in [3.05, 3.63) is 29.8 Å². The van der Waals surface area contributed by atoms with E-state index >= 15 is 0 Å². The maximum Gasteiger partial charge on any atom is 0.241 e. The van der Waals surface area contributed by atoms with Gasteiger partial charge in [0.15, 0.2) is 0 Å². The Morgan fingerprint density at radius 3 is 2.80 bits per heavy atom. The van der Waals surface area contributed by atoms with Gasteiger partial charge < -0.3 is 5.32 Å². The molecule has 1 atom stereocenters. The second kappa shape index (κ2) is 4.51. The molecule has 1 N–H and O–H groups in total. The Morgan fingerprint density at radius 2 is 2.20 bits per heavy atom. The lowest BCUT2D eigenvalue weighted by Crippen LogP contribution is -2.19. The monoisotopic (exact) mass is 210 g/mol. The van der Waals surface area contributed by atoms with Crippen LogP contribution in [0.1, 0.15) is 6.92 Å². The van der Waals surface area contributed by atoms with E-state index in [0.717, 1.165) is 18.2 Å².